The van der Waals surface area contributed by atoms with Crippen molar-refractivity contribution in [3.8, 4) is 0 Å². The molecule has 102 valence electrons. The molecule has 0 atom stereocenters. The van der Waals surface area contributed by atoms with Gasteiger partial charge in [0.25, 0.3) is 0 Å². The van der Waals surface area contributed by atoms with E-state index in [0.29, 0.717) is 18.5 Å². The zero-order valence-electron chi connectivity index (χ0n) is 11.0. The van der Waals surface area contributed by atoms with Crippen LogP contribution in [0.2, 0.25) is 0 Å². The van der Waals surface area contributed by atoms with E-state index in [0.717, 1.165) is 18.4 Å². The van der Waals surface area contributed by atoms with Crippen molar-refractivity contribution in [3.05, 3.63) is 29.8 Å². The van der Waals surface area contributed by atoms with E-state index in [1.54, 1.807) is 26.0 Å². The van der Waals surface area contributed by atoms with Crippen LogP contribution < -0.4 is 5.30 Å². The molecule has 0 unspecified atom stereocenters. The number of aliphatic hydroxyl groups is 1. The molecule has 18 heavy (non-hydrogen) atoms. The van der Waals surface area contributed by atoms with E-state index in [4.69, 9.17) is 14.2 Å². The predicted octanol–water partition coefficient (Wildman–Crippen LogP) is 2.50. The lowest BCUT2D eigenvalue weighted by molar-refractivity contribution is 0.230. The van der Waals surface area contributed by atoms with E-state index in [1.807, 2.05) is 12.1 Å². The molecule has 0 amide bonds. The molecule has 0 heterocycles. The second-order valence-corrected chi connectivity index (χ2v) is 5.85. The lowest BCUT2D eigenvalue weighted by atomic mass is 10.1. The second-order valence-electron chi connectivity index (χ2n) is 3.83. The summed E-state index contributed by atoms with van der Waals surface area (Å²) >= 11 is 0. The molecule has 0 aliphatic carbocycles. The highest BCUT2D eigenvalue weighted by atomic mass is 31.2. The Morgan fingerprint density at radius 1 is 1.11 bits per heavy atom. The number of hydrogen-bond donors (Lipinski definition) is 1. The standard InChI is InChI=1S/C13H21O4P/c1-3-16-18(15,17-4-2)13-9-7-12(8-10-13)6-5-11-14/h7-10,14H,3-6,11H2,1-2H3. The Kier molecular flexibility index (Phi) is 6.58. The van der Waals surface area contributed by atoms with Crippen molar-refractivity contribution in [1.82, 2.24) is 0 Å². The van der Waals surface area contributed by atoms with E-state index in [-0.39, 0.29) is 6.61 Å². The van der Waals surface area contributed by atoms with Gasteiger partial charge in [0.05, 0.1) is 18.5 Å². The van der Waals surface area contributed by atoms with Gasteiger partial charge in [0.15, 0.2) is 0 Å². The molecule has 0 aliphatic heterocycles. The third kappa shape index (κ3) is 4.21. The second kappa shape index (κ2) is 7.70. The van der Waals surface area contributed by atoms with Gasteiger partial charge in [0, 0.05) is 6.61 Å². The van der Waals surface area contributed by atoms with Crippen molar-refractivity contribution >= 4 is 12.9 Å². The average Bonchev–Trinajstić information content (AvgIpc) is 2.37. The molecule has 5 heteroatoms. The Morgan fingerprint density at radius 2 is 1.67 bits per heavy atom. The molecule has 0 fully saturated rings. The summed E-state index contributed by atoms with van der Waals surface area (Å²) in [4.78, 5) is 0. The first-order valence-electron chi connectivity index (χ1n) is 6.25. The average molecular weight is 272 g/mol. The monoisotopic (exact) mass is 272 g/mol. The summed E-state index contributed by atoms with van der Waals surface area (Å²) in [7, 11) is -3.17. The van der Waals surface area contributed by atoms with Crippen LogP contribution in [0.1, 0.15) is 25.8 Å². The van der Waals surface area contributed by atoms with Crippen LogP contribution in [0.3, 0.4) is 0 Å². The highest BCUT2D eigenvalue weighted by molar-refractivity contribution is 7.62. The van der Waals surface area contributed by atoms with Gasteiger partial charge in [0.2, 0.25) is 0 Å². The third-order valence-electron chi connectivity index (χ3n) is 2.47. The number of hydrogen-bond acceptors (Lipinski definition) is 4. The Bertz CT molecular complexity index is 378. The molecule has 4 nitrogen and oxygen atoms in total. The fourth-order valence-electron chi connectivity index (χ4n) is 1.65. The molecule has 1 aromatic carbocycles. The van der Waals surface area contributed by atoms with Crippen molar-refractivity contribution < 1.29 is 18.7 Å². The van der Waals surface area contributed by atoms with E-state index >= 15 is 0 Å². The molecule has 1 N–H and O–H groups in total. The highest BCUT2D eigenvalue weighted by Gasteiger charge is 2.26. The zero-order valence-corrected chi connectivity index (χ0v) is 11.9. The summed E-state index contributed by atoms with van der Waals surface area (Å²) in [6.45, 7) is 4.47. The van der Waals surface area contributed by atoms with Gasteiger partial charge in [-0.3, -0.25) is 4.57 Å². The Balaban J connectivity index is 2.83. The lowest BCUT2D eigenvalue weighted by Crippen LogP contribution is -2.10. The molecule has 0 saturated heterocycles. The van der Waals surface area contributed by atoms with Gasteiger partial charge in [-0.15, -0.1) is 0 Å². The summed E-state index contributed by atoms with van der Waals surface area (Å²) < 4.78 is 23.0. The minimum absolute atomic E-state index is 0.179. The van der Waals surface area contributed by atoms with Gasteiger partial charge in [-0.2, -0.15) is 0 Å². The number of aryl methyl sites for hydroxylation is 1. The third-order valence-corrected chi connectivity index (χ3v) is 4.60. The molecule has 0 saturated carbocycles. The van der Waals surface area contributed by atoms with Crippen LogP contribution >= 0.6 is 7.60 Å². The van der Waals surface area contributed by atoms with Gasteiger partial charge >= 0.3 is 7.60 Å². The number of rotatable bonds is 8. The Morgan fingerprint density at radius 3 is 2.11 bits per heavy atom. The first-order valence-corrected chi connectivity index (χ1v) is 7.80. The van der Waals surface area contributed by atoms with Crippen molar-refractivity contribution in [2.24, 2.45) is 0 Å². The Hall–Kier alpha value is -0.670. The minimum Gasteiger partial charge on any atom is -0.396 e. The molecule has 1 aromatic rings. The quantitative estimate of drug-likeness (QED) is 0.739. The molecular weight excluding hydrogens is 251 g/mol. The lowest BCUT2D eigenvalue weighted by Gasteiger charge is -2.17. The molecule has 1 rings (SSSR count). The van der Waals surface area contributed by atoms with Gasteiger partial charge in [0.1, 0.15) is 0 Å². The van der Waals surface area contributed by atoms with Crippen LogP contribution in [0.5, 0.6) is 0 Å². The number of benzene rings is 1. The van der Waals surface area contributed by atoms with Crippen molar-refractivity contribution in [2.75, 3.05) is 19.8 Å². The van der Waals surface area contributed by atoms with Crippen LogP contribution in [-0.2, 0) is 20.0 Å². The normalized spacial score (nSPS) is 11.7. The molecule has 0 aromatic heterocycles. The van der Waals surface area contributed by atoms with Crippen LogP contribution in [0.15, 0.2) is 24.3 Å². The zero-order chi connectivity index (χ0) is 13.4. The summed E-state index contributed by atoms with van der Waals surface area (Å²) in [5, 5.41) is 9.35. The fourth-order valence-corrected chi connectivity index (χ4v) is 3.22. The SMILES string of the molecule is CCOP(=O)(OCC)c1ccc(CCCO)cc1. The van der Waals surface area contributed by atoms with Gasteiger partial charge in [-0.05, 0) is 44.4 Å². The summed E-state index contributed by atoms with van der Waals surface area (Å²) in [6, 6.07) is 7.35. The summed E-state index contributed by atoms with van der Waals surface area (Å²) in [5.41, 5.74) is 1.10. The van der Waals surface area contributed by atoms with E-state index in [1.165, 1.54) is 0 Å². The predicted molar refractivity (Wildman–Crippen MR) is 72.3 cm³/mol. The maximum absolute atomic E-state index is 12.5. The highest BCUT2D eigenvalue weighted by Crippen LogP contribution is 2.46. The topological polar surface area (TPSA) is 55.8 Å². The first-order chi connectivity index (χ1) is 8.66. The summed E-state index contributed by atoms with van der Waals surface area (Å²) in [6.07, 6.45) is 1.54. The molecular formula is C13H21O4P. The van der Waals surface area contributed by atoms with Crippen LogP contribution in [0.4, 0.5) is 0 Å². The van der Waals surface area contributed by atoms with Gasteiger partial charge in [-0.25, -0.2) is 0 Å². The molecule has 0 radical (unpaired) electrons. The van der Waals surface area contributed by atoms with Crippen molar-refractivity contribution in [1.29, 1.82) is 0 Å². The van der Waals surface area contributed by atoms with Gasteiger partial charge < -0.3 is 14.2 Å². The number of aliphatic hydroxyl groups excluding tert-OH is 1. The summed E-state index contributed by atoms with van der Waals surface area (Å²) in [5.74, 6) is 0. The maximum Gasteiger partial charge on any atom is 0.361 e. The smallest absolute Gasteiger partial charge is 0.361 e. The molecule has 0 spiro atoms. The van der Waals surface area contributed by atoms with E-state index in [2.05, 4.69) is 0 Å². The van der Waals surface area contributed by atoms with Crippen LogP contribution in [0, 0.1) is 0 Å². The van der Waals surface area contributed by atoms with E-state index in [9.17, 15) is 4.57 Å². The van der Waals surface area contributed by atoms with E-state index < -0.39 is 7.60 Å². The van der Waals surface area contributed by atoms with Crippen LogP contribution in [-0.4, -0.2) is 24.9 Å². The van der Waals surface area contributed by atoms with Crippen molar-refractivity contribution in [3.63, 3.8) is 0 Å². The molecule has 0 bridgehead atoms. The van der Waals surface area contributed by atoms with Crippen LogP contribution in [0.25, 0.3) is 0 Å². The molecule has 0 aliphatic rings. The first kappa shape index (κ1) is 15.4. The minimum atomic E-state index is -3.17. The largest absolute Gasteiger partial charge is 0.396 e. The van der Waals surface area contributed by atoms with Crippen molar-refractivity contribution in [2.45, 2.75) is 26.7 Å². The fraction of sp³-hybridized carbons (Fsp3) is 0.538. The maximum atomic E-state index is 12.5. The van der Waals surface area contributed by atoms with Gasteiger partial charge in [-0.1, -0.05) is 12.1 Å². The Labute approximate surface area is 108 Å².